The van der Waals surface area contributed by atoms with E-state index in [-0.39, 0.29) is 11.8 Å². The summed E-state index contributed by atoms with van der Waals surface area (Å²) in [6, 6.07) is 9.74. The van der Waals surface area contributed by atoms with Gasteiger partial charge in [-0.3, -0.25) is 9.78 Å². The number of hydrogen-bond donors (Lipinski definition) is 1. The number of nitrogens with one attached hydrogen (secondary N) is 1. The fourth-order valence-corrected chi connectivity index (χ4v) is 3.07. The highest BCUT2D eigenvalue weighted by molar-refractivity contribution is 7.99. The van der Waals surface area contributed by atoms with Crippen LogP contribution in [0.4, 0.5) is 0 Å². The molecule has 2 heterocycles. The number of pyridine rings is 1. The van der Waals surface area contributed by atoms with Crippen LogP contribution in [0.1, 0.15) is 10.4 Å². The fraction of sp³-hybridized carbons (Fsp3) is 0.286. The molecule has 0 saturated carbocycles. The van der Waals surface area contributed by atoms with Crippen molar-refractivity contribution in [1.82, 2.24) is 10.3 Å². The van der Waals surface area contributed by atoms with Gasteiger partial charge in [0, 0.05) is 35.2 Å². The summed E-state index contributed by atoms with van der Waals surface area (Å²) in [5.41, 5.74) is 1.63. The fourth-order valence-electron chi connectivity index (χ4n) is 2.14. The predicted octanol–water partition coefficient (Wildman–Crippen LogP) is 2.12. The van der Waals surface area contributed by atoms with Crippen molar-refractivity contribution in [2.75, 3.05) is 18.1 Å². The molecule has 1 saturated heterocycles. The van der Waals surface area contributed by atoms with Gasteiger partial charge < -0.3 is 5.32 Å². The van der Waals surface area contributed by atoms with Gasteiger partial charge in [0.15, 0.2) is 5.78 Å². The minimum atomic E-state index is -0.0632. The van der Waals surface area contributed by atoms with Gasteiger partial charge >= 0.3 is 0 Å². The minimum absolute atomic E-state index is 0.0632. The second-order valence-electron chi connectivity index (χ2n) is 4.36. The Balaban J connectivity index is 1.91. The molecule has 0 amide bonds. The zero-order valence-corrected chi connectivity index (χ0v) is 10.7. The third-order valence-corrected chi connectivity index (χ3v) is 4.17. The average Bonchev–Trinajstić information content (AvgIpc) is 2.47. The molecule has 1 N–H and O–H groups in total. The highest BCUT2D eigenvalue weighted by Crippen LogP contribution is 2.16. The number of ketones is 1. The molecule has 1 aromatic carbocycles. The van der Waals surface area contributed by atoms with Crippen LogP contribution in [0, 0.1) is 0 Å². The Morgan fingerprint density at radius 1 is 1.39 bits per heavy atom. The van der Waals surface area contributed by atoms with E-state index >= 15 is 0 Å². The number of nitrogens with zero attached hydrogens (tertiary/aromatic N) is 1. The van der Waals surface area contributed by atoms with E-state index in [1.165, 1.54) is 0 Å². The van der Waals surface area contributed by atoms with E-state index in [2.05, 4.69) is 10.3 Å². The standard InChI is InChI=1S/C14H14N2OS/c17-14(13-9-18-6-5-15-13)11-7-10-3-1-2-4-12(10)16-8-11/h1-4,7-8,13,15H,5-6,9H2. The second-order valence-corrected chi connectivity index (χ2v) is 5.51. The molecule has 92 valence electrons. The summed E-state index contributed by atoms with van der Waals surface area (Å²) in [5.74, 6) is 2.09. The third kappa shape index (κ3) is 2.26. The maximum Gasteiger partial charge on any atom is 0.182 e. The summed E-state index contributed by atoms with van der Waals surface area (Å²) in [6.07, 6.45) is 1.69. The lowest BCUT2D eigenvalue weighted by Crippen LogP contribution is -2.43. The van der Waals surface area contributed by atoms with Gasteiger partial charge in [0.2, 0.25) is 0 Å². The van der Waals surface area contributed by atoms with Crippen LogP contribution in [0.25, 0.3) is 10.9 Å². The Morgan fingerprint density at radius 2 is 2.28 bits per heavy atom. The molecule has 1 unspecified atom stereocenters. The first kappa shape index (κ1) is 11.7. The molecule has 0 radical (unpaired) electrons. The number of para-hydroxylation sites is 1. The first-order valence-electron chi connectivity index (χ1n) is 6.05. The molecule has 1 fully saturated rings. The Labute approximate surface area is 110 Å². The normalized spacial score (nSPS) is 19.9. The van der Waals surface area contributed by atoms with Gasteiger partial charge in [0.05, 0.1) is 11.6 Å². The number of fused-ring (bicyclic) bond motifs is 1. The number of benzene rings is 1. The first-order chi connectivity index (χ1) is 8.84. The Morgan fingerprint density at radius 3 is 3.11 bits per heavy atom. The monoisotopic (exact) mass is 258 g/mol. The van der Waals surface area contributed by atoms with E-state index in [9.17, 15) is 4.79 Å². The SMILES string of the molecule is O=C(c1cnc2ccccc2c1)C1CSCCN1. The van der Waals surface area contributed by atoms with Crippen LogP contribution in [0.5, 0.6) is 0 Å². The van der Waals surface area contributed by atoms with Crippen molar-refractivity contribution in [2.45, 2.75) is 6.04 Å². The topological polar surface area (TPSA) is 42.0 Å². The molecular weight excluding hydrogens is 244 g/mol. The summed E-state index contributed by atoms with van der Waals surface area (Å²) in [5, 5.41) is 4.29. The summed E-state index contributed by atoms with van der Waals surface area (Å²) in [4.78, 5) is 16.7. The Kier molecular flexibility index (Phi) is 3.30. The molecule has 1 aliphatic heterocycles. The second kappa shape index (κ2) is 5.08. The molecule has 0 spiro atoms. The van der Waals surface area contributed by atoms with Crippen molar-refractivity contribution in [3.05, 3.63) is 42.1 Å². The smallest absolute Gasteiger partial charge is 0.182 e. The zero-order valence-electron chi connectivity index (χ0n) is 9.93. The molecular formula is C14H14N2OS. The molecule has 1 atom stereocenters. The zero-order chi connectivity index (χ0) is 12.4. The summed E-state index contributed by atoms with van der Waals surface area (Å²) >= 11 is 1.83. The van der Waals surface area contributed by atoms with E-state index < -0.39 is 0 Å². The van der Waals surface area contributed by atoms with Crippen molar-refractivity contribution in [3.8, 4) is 0 Å². The van der Waals surface area contributed by atoms with E-state index in [0.717, 1.165) is 29.0 Å². The largest absolute Gasteiger partial charge is 0.306 e. The van der Waals surface area contributed by atoms with E-state index in [1.807, 2.05) is 42.1 Å². The maximum absolute atomic E-state index is 12.3. The number of thioether (sulfide) groups is 1. The first-order valence-corrected chi connectivity index (χ1v) is 7.20. The van der Waals surface area contributed by atoms with Gasteiger partial charge in [-0.1, -0.05) is 18.2 Å². The van der Waals surface area contributed by atoms with Gasteiger partial charge in [0.1, 0.15) is 0 Å². The van der Waals surface area contributed by atoms with Crippen molar-refractivity contribution >= 4 is 28.4 Å². The van der Waals surface area contributed by atoms with Gasteiger partial charge in [-0.15, -0.1) is 0 Å². The van der Waals surface area contributed by atoms with Gasteiger partial charge in [-0.2, -0.15) is 11.8 Å². The number of carbonyl (C=O) groups is 1. The summed E-state index contributed by atoms with van der Waals surface area (Å²) in [7, 11) is 0. The van der Waals surface area contributed by atoms with Crippen LogP contribution in [0.15, 0.2) is 36.5 Å². The number of aromatic nitrogens is 1. The number of carbonyl (C=O) groups excluding carboxylic acids is 1. The quantitative estimate of drug-likeness (QED) is 0.838. The molecule has 3 nitrogen and oxygen atoms in total. The predicted molar refractivity (Wildman–Crippen MR) is 75.2 cm³/mol. The van der Waals surface area contributed by atoms with Crippen molar-refractivity contribution in [1.29, 1.82) is 0 Å². The maximum atomic E-state index is 12.3. The highest BCUT2D eigenvalue weighted by atomic mass is 32.2. The Bertz CT molecular complexity index is 579. The summed E-state index contributed by atoms with van der Waals surface area (Å²) < 4.78 is 0. The molecule has 18 heavy (non-hydrogen) atoms. The molecule has 0 bridgehead atoms. The van der Waals surface area contributed by atoms with Crippen molar-refractivity contribution in [2.24, 2.45) is 0 Å². The van der Waals surface area contributed by atoms with Gasteiger partial charge in [0.25, 0.3) is 0 Å². The van der Waals surface area contributed by atoms with Gasteiger partial charge in [-0.25, -0.2) is 0 Å². The molecule has 3 rings (SSSR count). The molecule has 0 aliphatic carbocycles. The van der Waals surface area contributed by atoms with Crippen LogP contribution >= 0.6 is 11.8 Å². The van der Waals surface area contributed by atoms with E-state index in [4.69, 9.17) is 0 Å². The number of Topliss-reactive ketones (excluding diaryl/α,β-unsaturated/α-hetero) is 1. The lowest BCUT2D eigenvalue weighted by atomic mass is 10.0. The molecule has 1 aliphatic rings. The third-order valence-electron chi connectivity index (χ3n) is 3.11. The number of hydrogen-bond acceptors (Lipinski definition) is 4. The highest BCUT2D eigenvalue weighted by Gasteiger charge is 2.22. The summed E-state index contributed by atoms with van der Waals surface area (Å²) in [6.45, 7) is 0.905. The van der Waals surface area contributed by atoms with Crippen LogP contribution in [-0.4, -0.2) is 34.9 Å². The van der Waals surface area contributed by atoms with E-state index in [0.29, 0.717) is 5.56 Å². The molecule has 4 heteroatoms. The average molecular weight is 258 g/mol. The lowest BCUT2D eigenvalue weighted by Gasteiger charge is -2.21. The van der Waals surface area contributed by atoms with Crippen LogP contribution in [-0.2, 0) is 0 Å². The van der Waals surface area contributed by atoms with Gasteiger partial charge in [-0.05, 0) is 12.1 Å². The van der Waals surface area contributed by atoms with Crippen LogP contribution in [0.3, 0.4) is 0 Å². The van der Waals surface area contributed by atoms with Crippen LogP contribution in [0.2, 0.25) is 0 Å². The minimum Gasteiger partial charge on any atom is -0.306 e. The molecule has 1 aromatic heterocycles. The number of rotatable bonds is 2. The lowest BCUT2D eigenvalue weighted by molar-refractivity contribution is 0.0953. The van der Waals surface area contributed by atoms with Crippen LogP contribution < -0.4 is 5.32 Å². The van der Waals surface area contributed by atoms with E-state index in [1.54, 1.807) is 6.20 Å². The van der Waals surface area contributed by atoms with Crippen molar-refractivity contribution in [3.63, 3.8) is 0 Å². The van der Waals surface area contributed by atoms with Crippen molar-refractivity contribution < 1.29 is 4.79 Å². The Hall–Kier alpha value is -1.39. The molecule has 2 aromatic rings.